The van der Waals surface area contributed by atoms with Crippen LogP contribution in [0.4, 0.5) is 0 Å². The number of hydrogen-bond acceptors (Lipinski definition) is 2. The van der Waals surface area contributed by atoms with Gasteiger partial charge in [0.05, 0.1) is 12.0 Å². The van der Waals surface area contributed by atoms with Gasteiger partial charge < -0.3 is 9.88 Å². The molecule has 0 amide bonds. The highest BCUT2D eigenvalue weighted by molar-refractivity contribution is 4.98. The summed E-state index contributed by atoms with van der Waals surface area (Å²) >= 11 is 0. The molecule has 1 aromatic rings. The van der Waals surface area contributed by atoms with E-state index in [1.165, 1.54) is 37.9 Å². The second-order valence-corrected chi connectivity index (χ2v) is 5.74. The van der Waals surface area contributed by atoms with Gasteiger partial charge in [-0.05, 0) is 50.5 Å². The quantitative estimate of drug-likeness (QED) is 0.846. The van der Waals surface area contributed by atoms with Crippen LogP contribution in [0, 0.1) is 17.8 Å². The van der Waals surface area contributed by atoms with Crippen LogP contribution in [0.25, 0.3) is 0 Å². The lowest BCUT2D eigenvalue weighted by molar-refractivity contribution is 0.317. The Morgan fingerprint density at radius 2 is 2.35 bits per heavy atom. The maximum atomic E-state index is 4.20. The fourth-order valence-corrected chi connectivity index (χ4v) is 3.79. The summed E-state index contributed by atoms with van der Waals surface area (Å²) in [6, 6.07) is 0. The van der Waals surface area contributed by atoms with Gasteiger partial charge in [-0.15, -0.1) is 0 Å². The Morgan fingerprint density at radius 1 is 1.41 bits per heavy atom. The van der Waals surface area contributed by atoms with E-state index in [4.69, 9.17) is 0 Å². The minimum Gasteiger partial charge on any atom is -0.334 e. The van der Waals surface area contributed by atoms with Gasteiger partial charge in [0.25, 0.3) is 0 Å². The molecule has 1 N–H and O–H groups in total. The summed E-state index contributed by atoms with van der Waals surface area (Å²) in [5, 5.41) is 3.63. The van der Waals surface area contributed by atoms with Gasteiger partial charge in [0, 0.05) is 19.3 Å². The first-order valence-corrected chi connectivity index (χ1v) is 7.06. The van der Waals surface area contributed by atoms with E-state index in [0.29, 0.717) is 0 Å². The Morgan fingerprint density at radius 3 is 3.06 bits per heavy atom. The van der Waals surface area contributed by atoms with Crippen molar-refractivity contribution in [1.82, 2.24) is 14.9 Å². The van der Waals surface area contributed by atoms with E-state index in [-0.39, 0.29) is 0 Å². The van der Waals surface area contributed by atoms with Crippen LogP contribution < -0.4 is 5.32 Å². The summed E-state index contributed by atoms with van der Waals surface area (Å²) in [4.78, 5) is 4.20. The standard InChI is InChI=1S/C14H23N3/c1-2-17-10-16-9-14(17)8-15-7-13-6-11-3-4-12(13)5-11/h9-13,15H,2-8H2,1H3. The Bertz CT molecular complexity index is 371. The molecule has 0 radical (unpaired) electrons. The lowest BCUT2D eigenvalue weighted by Gasteiger charge is -2.21. The third-order valence-corrected chi connectivity index (χ3v) is 4.74. The summed E-state index contributed by atoms with van der Waals surface area (Å²) in [6.07, 6.45) is 9.89. The molecule has 17 heavy (non-hydrogen) atoms. The third kappa shape index (κ3) is 2.25. The van der Waals surface area contributed by atoms with Gasteiger partial charge >= 0.3 is 0 Å². The van der Waals surface area contributed by atoms with Crippen LogP contribution in [0.15, 0.2) is 12.5 Å². The first-order chi connectivity index (χ1) is 8.36. The molecule has 2 bridgehead atoms. The number of rotatable bonds is 5. The van der Waals surface area contributed by atoms with Crippen LogP contribution in [-0.4, -0.2) is 16.1 Å². The van der Waals surface area contributed by atoms with Gasteiger partial charge in [-0.25, -0.2) is 4.98 Å². The number of imidazole rings is 1. The van der Waals surface area contributed by atoms with Gasteiger partial charge in [-0.1, -0.05) is 6.42 Å². The summed E-state index contributed by atoms with van der Waals surface area (Å²) < 4.78 is 2.22. The molecule has 94 valence electrons. The van der Waals surface area contributed by atoms with E-state index in [1.54, 1.807) is 0 Å². The van der Waals surface area contributed by atoms with E-state index < -0.39 is 0 Å². The zero-order valence-corrected chi connectivity index (χ0v) is 10.7. The molecule has 3 atom stereocenters. The van der Waals surface area contributed by atoms with Crippen molar-refractivity contribution in [3.05, 3.63) is 18.2 Å². The zero-order valence-electron chi connectivity index (χ0n) is 10.7. The Labute approximate surface area is 104 Å². The second-order valence-electron chi connectivity index (χ2n) is 5.74. The normalized spacial score (nSPS) is 31.2. The topological polar surface area (TPSA) is 29.9 Å². The molecule has 3 nitrogen and oxygen atoms in total. The van der Waals surface area contributed by atoms with Crippen LogP contribution in [0.3, 0.4) is 0 Å². The highest BCUT2D eigenvalue weighted by Gasteiger charge is 2.38. The van der Waals surface area contributed by atoms with Crippen LogP contribution in [-0.2, 0) is 13.1 Å². The van der Waals surface area contributed by atoms with Gasteiger partial charge in [0.2, 0.25) is 0 Å². The number of nitrogens with one attached hydrogen (secondary N) is 1. The fourth-order valence-electron chi connectivity index (χ4n) is 3.79. The first-order valence-electron chi connectivity index (χ1n) is 7.06. The number of nitrogens with zero attached hydrogens (tertiary/aromatic N) is 2. The van der Waals surface area contributed by atoms with Crippen LogP contribution in [0.5, 0.6) is 0 Å². The maximum Gasteiger partial charge on any atom is 0.0948 e. The summed E-state index contributed by atoms with van der Waals surface area (Å²) in [5.74, 6) is 3.04. The molecule has 1 aromatic heterocycles. The van der Waals surface area contributed by atoms with Gasteiger partial charge in [-0.2, -0.15) is 0 Å². The van der Waals surface area contributed by atoms with E-state index >= 15 is 0 Å². The molecule has 3 heteroatoms. The largest absolute Gasteiger partial charge is 0.334 e. The zero-order chi connectivity index (χ0) is 11.7. The van der Waals surface area contributed by atoms with Crippen molar-refractivity contribution in [2.45, 2.75) is 45.7 Å². The molecular weight excluding hydrogens is 210 g/mol. The predicted octanol–water partition coefficient (Wildman–Crippen LogP) is 2.43. The fraction of sp³-hybridized carbons (Fsp3) is 0.786. The van der Waals surface area contributed by atoms with Gasteiger partial charge in [-0.3, -0.25) is 0 Å². The molecule has 3 unspecified atom stereocenters. The number of aromatic nitrogens is 2. The van der Waals surface area contributed by atoms with E-state index in [0.717, 1.165) is 30.8 Å². The van der Waals surface area contributed by atoms with Crippen molar-refractivity contribution < 1.29 is 0 Å². The molecular formula is C14H23N3. The van der Waals surface area contributed by atoms with Gasteiger partial charge in [0.1, 0.15) is 0 Å². The Hall–Kier alpha value is -0.830. The predicted molar refractivity (Wildman–Crippen MR) is 68.5 cm³/mol. The Balaban J connectivity index is 1.46. The molecule has 2 aliphatic rings. The van der Waals surface area contributed by atoms with Crippen LogP contribution >= 0.6 is 0 Å². The molecule has 0 saturated heterocycles. The molecule has 0 aliphatic heterocycles. The molecule has 0 spiro atoms. The van der Waals surface area contributed by atoms with Crippen molar-refractivity contribution in [3.63, 3.8) is 0 Å². The number of aryl methyl sites for hydroxylation is 1. The smallest absolute Gasteiger partial charge is 0.0948 e. The molecule has 2 aliphatic carbocycles. The average molecular weight is 233 g/mol. The first kappa shape index (κ1) is 11.3. The van der Waals surface area contributed by atoms with Crippen molar-refractivity contribution in [2.24, 2.45) is 17.8 Å². The van der Waals surface area contributed by atoms with Crippen molar-refractivity contribution in [3.8, 4) is 0 Å². The minimum atomic E-state index is 0.951. The van der Waals surface area contributed by atoms with Gasteiger partial charge in [0.15, 0.2) is 0 Å². The van der Waals surface area contributed by atoms with E-state index in [9.17, 15) is 0 Å². The van der Waals surface area contributed by atoms with Crippen LogP contribution in [0.2, 0.25) is 0 Å². The highest BCUT2D eigenvalue weighted by Crippen LogP contribution is 2.47. The lowest BCUT2D eigenvalue weighted by Crippen LogP contribution is -2.26. The van der Waals surface area contributed by atoms with Crippen molar-refractivity contribution in [1.29, 1.82) is 0 Å². The summed E-state index contributed by atoms with van der Waals surface area (Å²) in [6.45, 7) is 5.37. The number of hydrogen-bond donors (Lipinski definition) is 1. The maximum absolute atomic E-state index is 4.20. The highest BCUT2D eigenvalue weighted by atomic mass is 15.1. The molecule has 1 heterocycles. The summed E-state index contributed by atoms with van der Waals surface area (Å²) in [5.41, 5.74) is 1.32. The Kier molecular flexibility index (Phi) is 3.19. The lowest BCUT2D eigenvalue weighted by atomic mass is 9.89. The average Bonchev–Trinajstić information content (AvgIpc) is 3.04. The molecule has 0 aromatic carbocycles. The van der Waals surface area contributed by atoms with Crippen LogP contribution in [0.1, 0.15) is 38.3 Å². The van der Waals surface area contributed by atoms with Crippen molar-refractivity contribution in [2.75, 3.05) is 6.54 Å². The number of fused-ring (bicyclic) bond motifs is 2. The van der Waals surface area contributed by atoms with E-state index in [1.807, 2.05) is 12.5 Å². The monoisotopic (exact) mass is 233 g/mol. The molecule has 3 rings (SSSR count). The molecule has 2 fully saturated rings. The third-order valence-electron chi connectivity index (χ3n) is 4.74. The van der Waals surface area contributed by atoms with E-state index in [2.05, 4.69) is 21.8 Å². The summed E-state index contributed by atoms with van der Waals surface area (Å²) in [7, 11) is 0. The van der Waals surface area contributed by atoms with Crippen molar-refractivity contribution >= 4 is 0 Å². The molecule has 2 saturated carbocycles. The minimum absolute atomic E-state index is 0.951. The SMILES string of the molecule is CCn1cncc1CNCC1CC2CCC1C2. The second kappa shape index (κ2) is 4.81.